The first-order valence-corrected chi connectivity index (χ1v) is 8.21. The largest absolute Gasteiger partial charge is 0.458 e. The molecule has 1 saturated heterocycles. The molecule has 6 nitrogen and oxygen atoms in total. The number of rotatable bonds is 6. The van der Waals surface area contributed by atoms with E-state index in [-0.39, 0.29) is 36.9 Å². The number of carbonyl (C=O) groups excluding carboxylic acids is 2. The highest BCUT2D eigenvalue weighted by Gasteiger charge is 2.42. The summed E-state index contributed by atoms with van der Waals surface area (Å²) >= 11 is 0. The minimum Gasteiger partial charge on any atom is -0.458 e. The third-order valence-electron chi connectivity index (χ3n) is 4.58. The van der Waals surface area contributed by atoms with Crippen LogP contribution in [-0.2, 0) is 19.1 Å². The van der Waals surface area contributed by atoms with Crippen molar-refractivity contribution < 1.29 is 24.2 Å². The van der Waals surface area contributed by atoms with Gasteiger partial charge in [0.25, 0.3) is 0 Å². The lowest BCUT2D eigenvalue weighted by molar-refractivity contribution is -0.145. The van der Waals surface area contributed by atoms with E-state index in [1.807, 2.05) is 6.08 Å². The summed E-state index contributed by atoms with van der Waals surface area (Å²) in [6, 6.07) is -0.0328. The normalized spacial score (nSPS) is 24.6. The van der Waals surface area contributed by atoms with Gasteiger partial charge < -0.3 is 14.6 Å². The van der Waals surface area contributed by atoms with Gasteiger partial charge in [-0.25, -0.2) is 9.59 Å². The van der Waals surface area contributed by atoms with Crippen LogP contribution in [0.5, 0.6) is 0 Å². The lowest BCUT2D eigenvalue weighted by Crippen LogP contribution is -2.36. The van der Waals surface area contributed by atoms with Gasteiger partial charge in [0.05, 0.1) is 18.2 Å². The van der Waals surface area contributed by atoms with Crippen molar-refractivity contribution in [2.45, 2.75) is 39.3 Å². The van der Waals surface area contributed by atoms with Crippen LogP contribution >= 0.6 is 0 Å². The highest BCUT2D eigenvalue weighted by molar-refractivity contribution is 5.88. The van der Waals surface area contributed by atoms with E-state index in [0.29, 0.717) is 5.57 Å². The van der Waals surface area contributed by atoms with Crippen LogP contribution in [0, 0.1) is 0 Å². The fourth-order valence-electron chi connectivity index (χ4n) is 2.99. The highest BCUT2D eigenvalue weighted by Crippen LogP contribution is 2.31. The van der Waals surface area contributed by atoms with Crippen LogP contribution in [0.4, 0.5) is 0 Å². The molecule has 24 heavy (non-hydrogen) atoms. The van der Waals surface area contributed by atoms with Crippen molar-refractivity contribution >= 4 is 11.9 Å². The Balaban J connectivity index is 1.97. The predicted octanol–water partition coefficient (Wildman–Crippen LogP) is 1.36. The van der Waals surface area contributed by atoms with Crippen LogP contribution < -0.4 is 0 Å². The third kappa shape index (κ3) is 3.94. The Hall–Kier alpha value is -1.92. The maximum absolute atomic E-state index is 12.0. The standard InChI is InChI=1S/C18H25NO5/c1-4-12(3)17(21)24-15-7-9-19-8-6-14(16(15)19)11-23-18(22)13(5-2)10-20/h4-6,15-16,20H,7-11H2,1-3H3/b12-4+,13-5+. The average molecular weight is 335 g/mol. The highest BCUT2D eigenvalue weighted by atomic mass is 16.5. The smallest absolute Gasteiger partial charge is 0.336 e. The lowest BCUT2D eigenvalue weighted by atomic mass is 10.0. The number of carbonyl (C=O) groups is 2. The van der Waals surface area contributed by atoms with Gasteiger partial charge in [-0.3, -0.25) is 4.90 Å². The molecule has 1 N–H and O–H groups in total. The number of esters is 2. The number of aliphatic hydroxyl groups is 1. The number of allylic oxidation sites excluding steroid dienone is 2. The summed E-state index contributed by atoms with van der Waals surface area (Å²) < 4.78 is 10.9. The Morgan fingerprint density at radius 3 is 2.71 bits per heavy atom. The van der Waals surface area contributed by atoms with Crippen molar-refractivity contribution in [3.05, 3.63) is 34.9 Å². The van der Waals surface area contributed by atoms with Crippen LogP contribution in [0.2, 0.25) is 0 Å². The Bertz CT molecular complexity index is 590. The van der Waals surface area contributed by atoms with Gasteiger partial charge in [0.2, 0.25) is 0 Å². The van der Waals surface area contributed by atoms with E-state index in [1.54, 1.807) is 26.8 Å². The topological polar surface area (TPSA) is 76.1 Å². The molecule has 0 bridgehead atoms. The number of fused-ring (bicyclic) bond motifs is 1. The van der Waals surface area contributed by atoms with Gasteiger partial charge in [-0.15, -0.1) is 0 Å². The fraction of sp³-hybridized carbons (Fsp3) is 0.556. The summed E-state index contributed by atoms with van der Waals surface area (Å²) in [5, 5.41) is 9.10. The zero-order valence-electron chi connectivity index (χ0n) is 14.4. The summed E-state index contributed by atoms with van der Waals surface area (Å²) in [6.45, 7) is 6.64. The number of hydrogen-bond donors (Lipinski definition) is 1. The maximum atomic E-state index is 12.0. The van der Waals surface area contributed by atoms with Gasteiger partial charge in [0, 0.05) is 18.7 Å². The summed E-state index contributed by atoms with van der Waals surface area (Å²) in [5.74, 6) is -0.820. The van der Waals surface area contributed by atoms with E-state index in [4.69, 9.17) is 14.6 Å². The second-order valence-corrected chi connectivity index (χ2v) is 5.97. The van der Waals surface area contributed by atoms with Crippen molar-refractivity contribution in [1.29, 1.82) is 0 Å². The molecule has 0 spiro atoms. The molecule has 132 valence electrons. The van der Waals surface area contributed by atoms with E-state index < -0.39 is 5.97 Å². The first-order valence-electron chi connectivity index (χ1n) is 8.21. The molecule has 0 aliphatic carbocycles. The summed E-state index contributed by atoms with van der Waals surface area (Å²) in [7, 11) is 0. The van der Waals surface area contributed by atoms with E-state index in [0.717, 1.165) is 25.1 Å². The van der Waals surface area contributed by atoms with Gasteiger partial charge >= 0.3 is 11.9 Å². The molecule has 2 atom stereocenters. The zero-order chi connectivity index (χ0) is 17.7. The van der Waals surface area contributed by atoms with Crippen molar-refractivity contribution in [1.82, 2.24) is 4.90 Å². The van der Waals surface area contributed by atoms with Crippen molar-refractivity contribution in [3.63, 3.8) is 0 Å². The van der Waals surface area contributed by atoms with Crippen molar-refractivity contribution in [3.8, 4) is 0 Å². The summed E-state index contributed by atoms with van der Waals surface area (Å²) in [5.41, 5.74) is 1.78. The second-order valence-electron chi connectivity index (χ2n) is 5.97. The Morgan fingerprint density at radius 2 is 2.08 bits per heavy atom. The minimum absolute atomic E-state index is 0.0328. The zero-order valence-corrected chi connectivity index (χ0v) is 14.4. The van der Waals surface area contributed by atoms with Gasteiger partial charge in [0.15, 0.2) is 0 Å². The van der Waals surface area contributed by atoms with Gasteiger partial charge in [-0.2, -0.15) is 0 Å². The molecule has 2 aliphatic heterocycles. The number of nitrogens with zero attached hydrogens (tertiary/aromatic N) is 1. The molecular weight excluding hydrogens is 310 g/mol. The quantitative estimate of drug-likeness (QED) is 0.449. The molecule has 1 fully saturated rings. The first-order chi connectivity index (χ1) is 11.5. The molecule has 0 radical (unpaired) electrons. The molecule has 2 unspecified atom stereocenters. The molecule has 0 saturated carbocycles. The summed E-state index contributed by atoms with van der Waals surface area (Å²) in [4.78, 5) is 26.1. The van der Waals surface area contributed by atoms with Crippen molar-refractivity contribution in [2.24, 2.45) is 0 Å². The molecule has 0 aromatic carbocycles. The molecule has 0 aromatic rings. The Labute approximate surface area is 142 Å². The SMILES string of the molecule is C/C=C(\C)C(=O)OC1CCN2CC=C(COC(=O)/C(=C/C)CO)C12. The van der Waals surface area contributed by atoms with Crippen LogP contribution in [-0.4, -0.2) is 60.4 Å². The van der Waals surface area contributed by atoms with E-state index >= 15 is 0 Å². The Kier molecular flexibility index (Phi) is 6.34. The van der Waals surface area contributed by atoms with E-state index in [9.17, 15) is 9.59 Å². The predicted molar refractivity (Wildman–Crippen MR) is 89.2 cm³/mol. The Morgan fingerprint density at radius 1 is 1.33 bits per heavy atom. The fourth-order valence-corrected chi connectivity index (χ4v) is 2.99. The number of hydrogen-bond acceptors (Lipinski definition) is 6. The monoisotopic (exact) mass is 335 g/mol. The molecule has 2 rings (SSSR count). The average Bonchev–Trinajstić information content (AvgIpc) is 3.16. The molecule has 2 heterocycles. The third-order valence-corrected chi connectivity index (χ3v) is 4.58. The van der Waals surface area contributed by atoms with E-state index in [2.05, 4.69) is 4.90 Å². The molecule has 0 amide bonds. The molecule has 0 aromatic heterocycles. The van der Waals surface area contributed by atoms with Crippen molar-refractivity contribution in [2.75, 3.05) is 26.3 Å². The van der Waals surface area contributed by atoms with Crippen LogP contribution in [0.3, 0.4) is 0 Å². The summed E-state index contributed by atoms with van der Waals surface area (Å²) in [6.07, 6.45) is 5.84. The minimum atomic E-state index is -0.518. The van der Waals surface area contributed by atoms with Crippen LogP contribution in [0.15, 0.2) is 34.9 Å². The number of ether oxygens (including phenoxy) is 2. The van der Waals surface area contributed by atoms with Crippen LogP contribution in [0.25, 0.3) is 0 Å². The van der Waals surface area contributed by atoms with Crippen LogP contribution in [0.1, 0.15) is 27.2 Å². The lowest BCUT2D eigenvalue weighted by Gasteiger charge is -2.24. The second kappa shape index (κ2) is 8.26. The van der Waals surface area contributed by atoms with Gasteiger partial charge in [0.1, 0.15) is 12.7 Å². The van der Waals surface area contributed by atoms with E-state index in [1.165, 1.54) is 6.08 Å². The number of aliphatic hydroxyl groups excluding tert-OH is 1. The first kappa shape index (κ1) is 18.4. The van der Waals surface area contributed by atoms with Gasteiger partial charge in [-0.1, -0.05) is 18.2 Å². The maximum Gasteiger partial charge on any atom is 0.336 e. The molecule has 2 aliphatic rings. The molecule has 6 heteroatoms. The van der Waals surface area contributed by atoms with Gasteiger partial charge in [-0.05, 0) is 32.8 Å². The molecular formula is C18H25NO5.